The summed E-state index contributed by atoms with van der Waals surface area (Å²) in [6.07, 6.45) is 1.64. The average molecular weight is 481 g/mol. The Morgan fingerprint density at radius 1 is 1.12 bits per heavy atom. The molecule has 0 bridgehead atoms. The Morgan fingerprint density at radius 3 is 2.53 bits per heavy atom. The predicted molar refractivity (Wildman–Crippen MR) is 124 cm³/mol. The van der Waals surface area contributed by atoms with Crippen LogP contribution in [0.15, 0.2) is 71.3 Å². The third kappa shape index (κ3) is 4.72. The Kier molecular flexibility index (Phi) is 6.79. The molecule has 1 aromatic heterocycles. The topological polar surface area (TPSA) is 97.1 Å². The number of hydrogen-bond donors (Lipinski definition) is 0. The highest BCUT2D eigenvalue weighted by molar-refractivity contribution is 6.30. The van der Waals surface area contributed by atoms with Gasteiger partial charge >= 0.3 is 5.97 Å². The molecule has 1 aliphatic heterocycles. The van der Waals surface area contributed by atoms with Gasteiger partial charge in [-0.15, -0.1) is 0 Å². The van der Waals surface area contributed by atoms with E-state index in [1.807, 2.05) is 6.07 Å². The number of methoxy groups -OCH3 is 1. The highest BCUT2D eigenvalue weighted by Gasteiger charge is 2.44. The molecule has 4 rings (SSSR count). The van der Waals surface area contributed by atoms with Crippen molar-refractivity contribution in [1.29, 1.82) is 0 Å². The van der Waals surface area contributed by atoms with Crippen LogP contribution in [0.5, 0.6) is 0 Å². The molecule has 0 spiro atoms. The lowest BCUT2D eigenvalue weighted by Gasteiger charge is -2.27. The first-order chi connectivity index (χ1) is 16.4. The van der Waals surface area contributed by atoms with Crippen molar-refractivity contribution in [2.45, 2.75) is 18.9 Å². The number of carbonyl (C=O) groups excluding carboxylic acids is 4. The lowest BCUT2D eigenvalue weighted by molar-refractivity contribution is -0.122. The number of nitrogens with zero attached hydrogens (tertiary/aromatic N) is 2. The number of imide groups is 1. The van der Waals surface area contributed by atoms with Gasteiger partial charge in [-0.3, -0.25) is 14.4 Å². The number of hydrogen-bond acceptors (Lipinski definition) is 6. The fraction of sp³-hybridized carbons (Fsp3) is 0.200. The van der Waals surface area contributed by atoms with E-state index < -0.39 is 29.7 Å². The Morgan fingerprint density at radius 2 is 1.88 bits per heavy atom. The molecule has 0 aliphatic carbocycles. The van der Waals surface area contributed by atoms with Crippen molar-refractivity contribution < 1.29 is 28.3 Å². The van der Waals surface area contributed by atoms with Crippen LogP contribution < -0.4 is 4.90 Å². The molecule has 0 saturated carbocycles. The molecular weight excluding hydrogens is 460 g/mol. The van der Waals surface area contributed by atoms with E-state index in [2.05, 4.69) is 4.74 Å². The standard InChI is InChI=1S/C25H21ClN2O6/c1-33-25(32)17-7-9-19(10-8-17)28-22(29)15-20(23(28)30)27(24(31)21-6-3-13-34-21)12-11-16-4-2-5-18(26)14-16/h2-10,13-14,20H,11-12,15H2,1H3. The van der Waals surface area contributed by atoms with Crippen LogP contribution in [0.1, 0.15) is 32.9 Å². The van der Waals surface area contributed by atoms with Crippen LogP contribution in [0.3, 0.4) is 0 Å². The minimum absolute atomic E-state index is 0.0761. The first-order valence-electron chi connectivity index (χ1n) is 10.5. The molecule has 2 aromatic carbocycles. The zero-order chi connectivity index (χ0) is 24.2. The second-order valence-electron chi connectivity index (χ2n) is 7.68. The number of halogens is 1. The number of amides is 3. The van der Waals surface area contributed by atoms with Gasteiger partial charge in [-0.1, -0.05) is 23.7 Å². The maximum atomic E-state index is 13.3. The second-order valence-corrected chi connectivity index (χ2v) is 8.12. The number of benzene rings is 2. The van der Waals surface area contributed by atoms with Crippen molar-refractivity contribution in [2.75, 3.05) is 18.6 Å². The van der Waals surface area contributed by atoms with E-state index in [-0.39, 0.29) is 24.3 Å². The minimum atomic E-state index is -0.996. The maximum Gasteiger partial charge on any atom is 0.337 e. The molecule has 8 nitrogen and oxygen atoms in total. The quantitative estimate of drug-likeness (QED) is 0.377. The van der Waals surface area contributed by atoms with Crippen LogP contribution in [0, 0.1) is 0 Å². The van der Waals surface area contributed by atoms with Gasteiger partial charge < -0.3 is 14.1 Å². The first kappa shape index (κ1) is 23.3. The number of anilines is 1. The summed E-state index contributed by atoms with van der Waals surface area (Å²) in [7, 11) is 1.27. The first-order valence-corrected chi connectivity index (χ1v) is 10.9. The van der Waals surface area contributed by atoms with E-state index in [4.69, 9.17) is 16.0 Å². The smallest absolute Gasteiger partial charge is 0.337 e. The fourth-order valence-electron chi connectivity index (χ4n) is 3.88. The Balaban J connectivity index is 1.59. The van der Waals surface area contributed by atoms with Crippen molar-refractivity contribution in [1.82, 2.24) is 4.90 Å². The molecule has 34 heavy (non-hydrogen) atoms. The summed E-state index contributed by atoms with van der Waals surface area (Å²) >= 11 is 6.07. The number of rotatable bonds is 7. The molecule has 1 fully saturated rings. The highest BCUT2D eigenvalue weighted by atomic mass is 35.5. The van der Waals surface area contributed by atoms with Crippen molar-refractivity contribution >= 4 is 41.0 Å². The van der Waals surface area contributed by atoms with Gasteiger partial charge in [0.1, 0.15) is 6.04 Å². The monoisotopic (exact) mass is 480 g/mol. The number of ether oxygens (including phenoxy) is 1. The van der Waals surface area contributed by atoms with E-state index in [1.54, 1.807) is 24.3 Å². The van der Waals surface area contributed by atoms with E-state index in [1.165, 1.54) is 48.6 Å². The normalized spacial score (nSPS) is 15.5. The van der Waals surface area contributed by atoms with Crippen LogP contribution in [0.2, 0.25) is 5.02 Å². The number of furan rings is 1. The van der Waals surface area contributed by atoms with E-state index >= 15 is 0 Å². The molecule has 2 heterocycles. The van der Waals surface area contributed by atoms with Crippen LogP contribution in [-0.4, -0.2) is 48.3 Å². The summed E-state index contributed by atoms with van der Waals surface area (Å²) in [6.45, 7) is 0.179. The Hall–Kier alpha value is -3.91. The number of carbonyl (C=O) groups is 4. The van der Waals surface area contributed by atoms with Crippen LogP contribution in [0.4, 0.5) is 5.69 Å². The molecule has 0 N–H and O–H groups in total. The molecule has 1 saturated heterocycles. The summed E-state index contributed by atoms with van der Waals surface area (Å²) in [5, 5.41) is 0.565. The Labute approximate surface area is 200 Å². The van der Waals surface area contributed by atoms with E-state index in [0.29, 0.717) is 17.1 Å². The summed E-state index contributed by atoms with van der Waals surface area (Å²) in [4.78, 5) is 53.5. The highest BCUT2D eigenvalue weighted by Crippen LogP contribution is 2.27. The predicted octanol–water partition coefficient (Wildman–Crippen LogP) is 3.74. The van der Waals surface area contributed by atoms with Gasteiger partial charge in [0.05, 0.1) is 31.0 Å². The molecule has 3 aromatic rings. The average Bonchev–Trinajstić information content (AvgIpc) is 3.47. The summed E-state index contributed by atoms with van der Waals surface area (Å²) in [5.41, 5.74) is 1.49. The maximum absolute atomic E-state index is 13.3. The summed E-state index contributed by atoms with van der Waals surface area (Å²) in [5.74, 6) is -1.91. The lowest BCUT2D eigenvalue weighted by Crippen LogP contribution is -2.46. The molecule has 1 unspecified atom stereocenters. The second kappa shape index (κ2) is 9.93. The van der Waals surface area contributed by atoms with Gasteiger partial charge in [-0.25, -0.2) is 9.69 Å². The summed E-state index contributed by atoms with van der Waals surface area (Å²) < 4.78 is 9.94. The molecule has 1 atom stereocenters. The fourth-order valence-corrected chi connectivity index (χ4v) is 4.09. The van der Waals surface area contributed by atoms with Crippen molar-refractivity contribution in [3.05, 3.63) is 88.8 Å². The molecular formula is C25H21ClN2O6. The molecule has 0 radical (unpaired) electrons. The zero-order valence-corrected chi connectivity index (χ0v) is 19.0. The van der Waals surface area contributed by atoms with E-state index in [0.717, 1.165) is 10.5 Å². The molecule has 174 valence electrons. The lowest BCUT2D eigenvalue weighted by atomic mass is 10.1. The van der Waals surface area contributed by atoms with Crippen LogP contribution in [-0.2, 0) is 20.7 Å². The van der Waals surface area contributed by atoms with Gasteiger partial charge in [-0.05, 0) is 60.5 Å². The van der Waals surface area contributed by atoms with Gasteiger partial charge in [-0.2, -0.15) is 0 Å². The molecule has 3 amide bonds. The largest absolute Gasteiger partial charge is 0.465 e. The molecule has 9 heteroatoms. The van der Waals surface area contributed by atoms with Crippen LogP contribution >= 0.6 is 11.6 Å². The van der Waals surface area contributed by atoms with Crippen molar-refractivity contribution in [2.24, 2.45) is 0 Å². The van der Waals surface area contributed by atoms with Gasteiger partial charge in [0.25, 0.3) is 11.8 Å². The summed E-state index contributed by atoms with van der Waals surface area (Å²) in [6, 6.07) is 15.2. The third-order valence-corrected chi connectivity index (χ3v) is 5.80. The van der Waals surface area contributed by atoms with Gasteiger partial charge in [0.2, 0.25) is 5.91 Å². The van der Waals surface area contributed by atoms with Crippen molar-refractivity contribution in [3.63, 3.8) is 0 Å². The SMILES string of the molecule is COC(=O)c1ccc(N2C(=O)CC(N(CCc3cccc(Cl)c3)C(=O)c3ccco3)C2=O)cc1. The molecule has 1 aliphatic rings. The zero-order valence-electron chi connectivity index (χ0n) is 18.3. The minimum Gasteiger partial charge on any atom is -0.465 e. The van der Waals surface area contributed by atoms with Crippen LogP contribution in [0.25, 0.3) is 0 Å². The van der Waals surface area contributed by atoms with Gasteiger partial charge in [0, 0.05) is 11.6 Å². The Bertz CT molecular complexity index is 1220. The van der Waals surface area contributed by atoms with Gasteiger partial charge in [0.15, 0.2) is 5.76 Å². The third-order valence-electron chi connectivity index (χ3n) is 5.57. The number of esters is 1. The van der Waals surface area contributed by atoms with Crippen molar-refractivity contribution in [3.8, 4) is 0 Å². The van der Waals surface area contributed by atoms with E-state index in [9.17, 15) is 19.2 Å².